The molecule has 0 radical (unpaired) electrons. The molecule has 0 aliphatic heterocycles. The van der Waals surface area contributed by atoms with Crippen LogP contribution < -0.4 is 0 Å². The topological polar surface area (TPSA) is 17.1 Å². The summed E-state index contributed by atoms with van der Waals surface area (Å²) < 4.78 is 37.0. The van der Waals surface area contributed by atoms with Crippen LogP contribution in [0.1, 0.15) is 12.0 Å². The summed E-state index contributed by atoms with van der Waals surface area (Å²) in [6.07, 6.45) is -1.99. The summed E-state index contributed by atoms with van der Waals surface area (Å²) in [5, 5.41) is 0. The van der Waals surface area contributed by atoms with Crippen molar-refractivity contribution in [2.24, 2.45) is 11.8 Å². The highest BCUT2D eigenvalue weighted by atomic mass is 19.3. The van der Waals surface area contributed by atoms with Gasteiger partial charge in [-0.3, -0.25) is 4.79 Å². The lowest BCUT2D eigenvalue weighted by atomic mass is 10.1. The second-order valence-corrected chi connectivity index (χ2v) is 4.11. The Balaban J connectivity index is 1.91. The minimum Gasteiger partial charge on any atom is -0.299 e. The molecule has 2 unspecified atom stereocenters. The van der Waals surface area contributed by atoms with E-state index in [1.165, 1.54) is 24.3 Å². The zero-order valence-corrected chi connectivity index (χ0v) is 8.50. The number of alkyl halides is 2. The molecule has 1 fully saturated rings. The maximum absolute atomic E-state index is 12.6. The van der Waals surface area contributed by atoms with Crippen molar-refractivity contribution in [3.8, 4) is 0 Å². The van der Waals surface area contributed by atoms with Crippen LogP contribution in [0.25, 0.3) is 0 Å². The first kappa shape index (κ1) is 11.2. The summed E-state index contributed by atoms with van der Waals surface area (Å²) in [7, 11) is 0. The van der Waals surface area contributed by atoms with Gasteiger partial charge in [-0.15, -0.1) is 0 Å². The average molecular weight is 228 g/mol. The van der Waals surface area contributed by atoms with E-state index in [-0.39, 0.29) is 24.4 Å². The van der Waals surface area contributed by atoms with Gasteiger partial charge in [0.1, 0.15) is 11.6 Å². The predicted octanol–water partition coefficient (Wildman–Crippen LogP) is 2.84. The van der Waals surface area contributed by atoms with E-state index >= 15 is 0 Å². The van der Waals surface area contributed by atoms with E-state index < -0.39 is 18.3 Å². The Morgan fingerprint density at radius 2 is 1.94 bits per heavy atom. The second-order valence-electron chi connectivity index (χ2n) is 4.11. The predicted molar refractivity (Wildman–Crippen MR) is 52.7 cm³/mol. The van der Waals surface area contributed by atoms with Gasteiger partial charge in [-0.1, -0.05) is 12.1 Å². The lowest BCUT2D eigenvalue weighted by Crippen LogP contribution is -2.09. The number of rotatable bonds is 4. The molecule has 0 heterocycles. The number of hydrogen-bond acceptors (Lipinski definition) is 1. The Hall–Kier alpha value is -1.32. The maximum Gasteiger partial charge on any atom is 0.242 e. The van der Waals surface area contributed by atoms with Gasteiger partial charge < -0.3 is 0 Å². The summed E-state index contributed by atoms with van der Waals surface area (Å²) in [4.78, 5) is 11.5. The molecule has 0 saturated heterocycles. The molecule has 1 aromatic rings. The van der Waals surface area contributed by atoms with Crippen molar-refractivity contribution < 1.29 is 18.0 Å². The van der Waals surface area contributed by atoms with Crippen molar-refractivity contribution in [2.75, 3.05) is 0 Å². The van der Waals surface area contributed by atoms with Crippen LogP contribution in [0.15, 0.2) is 24.3 Å². The number of carbonyl (C=O) groups excluding carboxylic acids is 1. The molecular formula is C12H11F3O. The first-order chi connectivity index (χ1) is 7.58. The summed E-state index contributed by atoms with van der Waals surface area (Å²) >= 11 is 0. The van der Waals surface area contributed by atoms with Gasteiger partial charge in [0.05, 0.1) is 0 Å². The summed E-state index contributed by atoms with van der Waals surface area (Å²) in [6, 6.07) is 5.54. The first-order valence-corrected chi connectivity index (χ1v) is 5.13. The second kappa shape index (κ2) is 4.28. The quantitative estimate of drug-likeness (QED) is 0.774. The third kappa shape index (κ3) is 2.43. The molecule has 1 nitrogen and oxygen atoms in total. The van der Waals surface area contributed by atoms with Crippen LogP contribution in [0.2, 0.25) is 0 Å². The minimum atomic E-state index is -2.40. The molecule has 0 N–H and O–H groups in total. The van der Waals surface area contributed by atoms with Gasteiger partial charge in [-0.25, -0.2) is 13.2 Å². The smallest absolute Gasteiger partial charge is 0.242 e. The summed E-state index contributed by atoms with van der Waals surface area (Å²) in [5.41, 5.74) is 0.673. The van der Waals surface area contributed by atoms with Crippen LogP contribution in [0.5, 0.6) is 0 Å². The van der Waals surface area contributed by atoms with Crippen LogP contribution in [0.4, 0.5) is 13.2 Å². The van der Waals surface area contributed by atoms with Crippen LogP contribution in [-0.2, 0) is 11.2 Å². The fourth-order valence-corrected chi connectivity index (χ4v) is 1.80. The molecule has 1 aliphatic carbocycles. The molecule has 0 aromatic heterocycles. The maximum atomic E-state index is 12.6. The van der Waals surface area contributed by atoms with Gasteiger partial charge in [0.15, 0.2) is 0 Å². The normalized spacial score (nSPS) is 23.5. The lowest BCUT2D eigenvalue weighted by molar-refractivity contribution is -0.120. The average Bonchev–Trinajstić information content (AvgIpc) is 3.01. The molecular weight excluding hydrogens is 217 g/mol. The highest BCUT2D eigenvalue weighted by Crippen LogP contribution is 2.44. The SMILES string of the molecule is O=C(Cc1ccc(F)cc1)C1CC1C(F)F. The monoisotopic (exact) mass is 228 g/mol. The fourth-order valence-electron chi connectivity index (χ4n) is 1.80. The fraction of sp³-hybridized carbons (Fsp3) is 0.417. The zero-order valence-electron chi connectivity index (χ0n) is 8.50. The van der Waals surface area contributed by atoms with Crippen LogP contribution in [0.3, 0.4) is 0 Å². The van der Waals surface area contributed by atoms with E-state index in [9.17, 15) is 18.0 Å². The van der Waals surface area contributed by atoms with Crippen LogP contribution in [0, 0.1) is 17.7 Å². The van der Waals surface area contributed by atoms with E-state index in [0.717, 1.165) is 0 Å². The number of halogens is 3. The molecule has 16 heavy (non-hydrogen) atoms. The van der Waals surface area contributed by atoms with Crippen molar-refractivity contribution in [2.45, 2.75) is 19.3 Å². The molecule has 1 aliphatic rings. The van der Waals surface area contributed by atoms with Crippen molar-refractivity contribution in [3.05, 3.63) is 35.6 Å². The number of Topliss-reactive ketones (excluding diaryl/α,β-unsaturated/α-hetero) is 1. The molecule has 4 heteroatoms. The third-order valence-electron chi connectivity index (χ3n) is 2.87. The van der Waals surface area contributed by atoms with Crippen LogP contribution >= 0.6 is 0 Å². The van der Waals surface area contributed by atoms with Gasteiger partial charge >= 0.3 is 0 Å². The molecule has 86 valence electrons. The molecule has 0 amide bonds. The van der Waals surface area contributed by atoms with Crippen molar-refractivity contribution in [3.63, 3.8) is 0 Å². The molecule has 2 atom stereocenters. The van der Waals surface area contributed by atoms with E-state index in [0.29, 0.717) is 5.56 Å². The Morgan fingerprint density at radius 3 is 2.44 bits per heavy atom. The highest BCUT2D eigenvalue weighted by molar-refractivity contribution is 5.85. The minimum absolute atomic E-state index is 0.119. The highest BCUT2D eigenvalue weighted by Gasteiger charge is 2.48. The molecule has 0 bridgehead atoms. The molecule has 1 saturated carbocycles. The van der Waals surface area contributed by atoms with Crippen molar-refractivity contribution in [1.82, 2.24) is 0 Å². The van der Waals surface area contributed by atoms with Crippen LogP contribution in [-0.4, -0.2) is 12.2 Å². The van der Waals surface area contributed by atoms with Crippen molar-refractivity contribution >= 4 is 5.78 Å². The third-order valence-corrected chi connectivity index (χ3v) is 2.87. The molecule has 0 spiro atoms. The van der Waals surface area contributed by atoms with Gasteiger partial charge in [-0.2, -0.15) is 0 Å². The van der Waals surface area contributed by atoms with Crippen molar-refractivity contribution in [1.29, 1.82) is 0 Å². The number of carbonyl (C=O) groups is 1. The lowest BCUT2D eigenvalue weighted by Gasteiger charge is -2.00. The molecule has 1 aromatic carbocycles. The van der Waals surface area contributed by atoms with Gasteiger partial charge in [0.25, 0.3) is 0 Å². The summed E-state index contributed by atoms with van der Waals surface area (Å²) in [5.74, 6) is -1.79. The Bertz CT molecular complexity index is 386. The first-order valence-electron chi connectivity index (χ1n) is 5.13. The number of ketones is 1. The standard InChI is InChI=1S/C12H11F3O/c13-8-3-1-7(2-4-8)5-11(16)9-6-10(9)12(14)15/h1-4,9-10,12H,5-6H2. The van der Waals surface area contributed by atoms with E-state index in [1.807, 2.05) is 0 Å². The Kier molecular flexibility index (Phi) is 2.99. The largest absolute Gasteiger partial charge is 0.299 e. The molecule has 2 rings (SSSR count). The van der Waals surface area contributed by atoms with E-state index in [2.05, 4.69) is 0 Å². The van der Waals surface area contributed by atoms with Gasteiger partial charge in [-0.05, 0) is 24.1 Å². The number of hydrogen-bond donors (Lipinski definition) is 0. The van der Waals surface area contributed by atoms with Gasteiger partial charge in [0.2, 0.25) is 6.43 Å². The number of benzene rings is 1. The Labute approximate surface area is 91.3 Å². The van der Waals surface area contributed by atoms with E-state index in [4.69, 9.17) is 0 Å². The van der Waals surface area contributed by atoms with Gasteiger partial charge in [0, 0.05) is 18.3 Å². The Morgan fingerprint density at radius 1 is 1.31 bits per heavy atom. The zero-order chi connectivity index (χ0) is 11.7. The van der Waals surface area contributed by atoms with E-state index in [1.54, 1.807) is 0 Å². The summed E-state index contributed by atoms with van der Waals surface area (Å²) in [6.45, 7) is 0.